The van der Waals surface area contributed by atoms with E-state index in [1.807, 2.05) is 13.8 Å². The molecular formula is C11H13Br2NO3S. The highest BCUT2D eigenvalue weighted by Gasteiger charge is 2.21. The first-order valence-electron chi connectivity index (χ1n) is 5.27. The number of halogens is 2. The summed E-state index contributed by atoms with van der Waals surface area (Å²) in [6, 6.07) is 1.70. The standard InChI is InChI=1S/C11H13Br2NO3S/c1-6(2)4-14(5-9(15)16)11(17)8-3-7(12)10(13)18-8/h3,6H,4-5H2,1-2H3,(H,15,16). The molecule has 1 aromatic heterocycles. The maximum Gasteiger partial charge on any atom is 0.323 e. The van der Waals surface area contributed by atoms with Crippen molar-refractivity contribution >= 4 is 55.1 Å². The van der Waals surface area contributed by atoms with Gasteiger partial charge in [-0.15, -0.1) is 11.3 Å². The second kappa shape index (κ2) is 6.68. The van der Waals surface area contributed by atoms with Crippen molar-refractivity contribution in [3.63, 3.8) is 0 Å². The Morgan fingerprint density at radius 1 is 1.44 bits per heavy atom. The highest BCUT2D eigenvalue weighted by Crippen LogP contribution is 2.33. The average molecular weight is 399 g/mol. The molecule has 1 aromatic rings. The fraction of sp³-hybridized carbons (Fsp3) is 0.455. The molecule has 0 aliphatic heterocycles. The molecule has 1 N–H and O–H groups in total. The molecule has 0 aliphatic rings. The van der Waals surface area contributed by atoms with Gasteiger partial charge in [-0.05, 0) is 43.8 Å². The van der Waals surface area contributed by atoms with Crippen LogP contribution >= 0.6 is 43.2 Å². The molecule has 0 saturated carbocycles. The summed E-state index contributed by atoms with van der Waals surface area (Å²) in [6.45, 7) is 4.05. The SMILES string of the molecule is CC(C)CN(CC(=O)O)C(=O)c1cc(Br)c(Br)s1. The Hall–Kier alpha value is -0.400. The second-order valence-corrected chi connectivity index (χ2v) is 7.43. The van der Waals surface area contributed by atoms with Gasteiger partial charge in [-0.1, -0.05) is 13.8 Å². The van der Waals surface area contributed by atoms with E-state index in [2.05, 4.69) is 31.9 Å². The van der Waals surface area contributed by atoms with Gasteiger partial charge in [-0.2, -0.15) is 0 Å². The topological polar surface area (TPSA) is 57.6 Å². The lowest BCUT2D eigenvalue weighted by molar-refractivity contribution is -0.137. The Bertz CT molecular complexity index is 440. The van der Waals surface area contributed by atoms with Gasteiger partial charge in [0.2, 0.25) is 0 Å². The zero-order valence-electron chi connectivity index (χ0n) is 9.94. The first-order valence-corrected chi connectivity index (χ1v) is 7.67. The van der Waals surface area contributed by atoms with Gasteiger partial charge in [-0.3, -0.25) is 9.59 Å². The number of aliphatic carboxylic acids is 1. The van der Waals surface area contributed by atoms with E-state index in [1.54, 1.807) is 6.07 Å². The van der Waals surface area contributed by atoms with E-state index in [9.17, 15) is 9.59 Å². The Labute approximate surface area is 126 Å². The largest absolute Gasteiger partial charge is 0.480 e. The third-order valence-corrected chi connectivity index (χ3v) is 5.30. The number of hydrogen-bond donors (Lipinski definition) is 1. The van der Waals surface area contributed by atoms with Gasteiger partial charge in [0.15, 0.2) is 0 Å². The summed E-state index contributed by atoms with van der Waals surface area (Å²) in [7, 11) is 0. The lowest BCUT2D eigenvalue weighted by Gasteiger charge is -2.21. The molecule has 4 nitrogen and oxygen atoms in total. The fourth-order valence-electron chi connectivity index (χ4n) is 1.43. The monoisotopic (exact) mass is 397 g/mol. The van der Waals surface area contributed by atoms with Crippen molar-refractivity contribution in [2.75, 3.05) is 13.1 Å². The van der Waals surface area contributed by atoms with Gasteiger partial charge >= 0.3 is 5.97 Å². The van der Waals surface area contributed by atoms with E-state index >= 15 is 0 Å². The van der Waals surface area contributed by atoms with Crippen molar-refractivity contribution in [2.24, 2.45) is 5.92 Å². The normalized spacial score (nSPS) is 10.7. The molecule has 0 bridgehead atoms. The van der Waals surface area contributed by atoms with Gasteiger partial charge in [-0.25, -0.2) is 0 Å². The van der Waals surface area contributed by atoms with E-state index in [1.165, 1.54) is 16.2 Å². The van der Waals surface area contributed by atoms with Crippen LogP contribution in [-0.2, 0) is 4.79 Å². The molecule has 0 spiro atoms. The summed E-state index contributed by atoms with van der Waals surface area (Å²) < 4.78 is 1.63. The minimum atomic E-state index is -1.00. The van der Waals surface area contributed by atoms with Crippen molar-refractivity contribution in [1.29, 1.82) is 0 Å². The van der Waals surface area contributed by atoms with E-state index in [4.69, 9.17) is 5.11 Å². The molecule has 18 heavy (non-hydrogen) atoms. The zero-order chi connectivity index (χ0) is 13.9. The first-order chi connectivity index (χ1) is 8.31. The summed E-state index contributed by atoms with van der Waals surface area (Å²) in [5.74, 6) is -1.03. The lowest BCUT2D eigenvalue weighted by atomic mass is 10.2. The summed E-state index contributed by atoms with van der Waals surface area (Å²) in [4.78, 5) is 24.9. The summed E-state index contributed by atoms with van der Waals surface area (Å²) in [6.07, 6.45) is 0. The van der Waals surface area contributed by atoms with Crippen LogP contribution in [0, 0.1) is 5.92 Å². The van der Waals surface area contributed by atoms with Crippen molar-refractivity contribution < 1.29 is 14.7 Å². The number of amides is 1. The number of nitrogens with zero attached hydrogens (tertiary/aromatic N) is 1. The minimum absolute atomic E-state index is 0.222. The number of hydrogen-bond acceptors (Lipinski definition) is 3. The Morgan fingerprint density at radius 3 is 2.44 bits per heavy atom. The van der Waals surface area contributed by atoms with Gasteiger partial charge in [0.05, 0.1) is 8.66 Å². The summed E-state index contributed by atoms with van der Waals surface area (Å²) in [5, 5.41) is 8.84. The third-order valence-electron chi connectivity index (χ3n) is 2.05. The van der Waals surface area contributed by atoms with Gasteiger partial charge < -0.3 is 10.0 Å². The predicted octanol–water partition coefficient (Wildman–Crippen LogP) is 3.46. The maximum atomic E-state index is 12.2. The molecule has 7 heteroatoms. The second-order valence-electron chi connectivity index (χ2n) is 4.21. The minimum Gasteiger partial charge on any atom is -0.480 e. The molecule has 0 saturated heterocycles. The average Bonchev–Trinajstić information content (AvgIpc) is 2.56. The number of thiophene rings is 1. The van der Waals surface area contributed by atoms with Crippen molar-refractivity contribution in [3.8, 4) is 0 Å². The van der Waals surface area contributed by atoms with Crippen LogP contribution in [0.25, 0.3) is 0 Å². The third kappa shape index (κ3) is 4.37. The number of carboxylic acid groups (broad SMARTS) is 1. The van der Waals surface area contributed by atoms with E-state index in [0.29, 0.717) is 11.4 Å². The van der Waals surface area contributed by atoms with Gasteiger partial charge in [0.1, 0.15) is 6.54 Å². The van der Waals surface area contributed by atoms with Crippen LogP contribution in [0.2, 0.25) is 0 Å². The highest BCUT2D eigenvalue weighted by atomic mass is 79.9. The predicted molar refractivity (Wildman–Crippen MR) is 78.1 cm³/mol. The van der Waals surface area contributed by atoms with Crippen LogP contribution in [0.15, 0.2) is 14.3 Å². The van der Waals surface area contributed by atoms with Crippen LogP contribution in [0.4, 0.5) is 0 Å². The number of carboxylic acids is 1. The first kappa shape index (κ1) is 15.7. The van der Waals surface area contributed by atoms with E-state index in [-0.39, 0.29) is 18.4 Å². The molecule has 0 aromatic carbocycles. The maximum absolute atomic E-state index is 12.2. The van der Waals surface area contributed by atoms with Gasteiger partial charge in [0, 0.05) is 11.0 Å². The highest BCUT2D eigenvalue weighted by molar-refractivity contribution is 9.13. The number of rotatable bonds is 5. The number of carbonyl (C=O) groups excluding carboxylic acids is 1. The van der Waals surface area contributed by atoms with Crippen LogP contribution in [0.1, 0.15) is 23.5 Å². The van der Waals surface area contributed by atoms with Gasteiger partial charge in [0.25, 0.3) is 5.91 Å². The molecule has 0 unspecified atom stereocenters. The van der Waals surface area contributed by atoms with Crippen molar-refractivity contribution in [1.82, 2.24) is 4.90 Å². The molecule has 0 atom stereocenters. The molecule has 0 fully saturated rings. The summed E-state index contributed by atoms with van der Waals surface area (Å²) >= 11 is 7.92. The van der Waals surface area contributed by atoms with Crippen LogP contribution in [0.5, 0.6) is 0 Å². The Kier molecular flexibility index (Phi) is 5.81. The van der Waals surface area contributed by atoms with E-state index in [0.717, 1.165) is 8.26 Å². The van der Waals surface area contributed by atoms with Crippen LogP contribution < -0.4 is 0 Å². The molecule has 0 radical (unpaired) electrons. The molecule has 100 valence electrons. The van der Waals surface area contributed by atoms with Crippen molar-refractivity contribution in [2.45, 2.75) is 13.8 Å². The van der Waals surface area contributed by atoms with E-state index < -0.39 is 5.97 Å². The van der Waals surface area contributed by atoms with Crippen molar-refractivity contribution in [3.05, 3.63) is 19.2 Å². The zero-order valence-corrected chi connectivity index (χ0v) is 13.9. The molecule has 1 amide bonds. The molecular weight excluding hydrogens is 386 g/mol. The molecule has 1 rings (SSSR count). The Balaban J connectivity index is 2.90. The molecule has 0 aliphatic carbocycles. The smallest absolute Gasteiger partial charge is 0.323 e. The lowest BCUT2D eigenvalue weighted by Crippen LogP contribution is -2.37. The number of carbonyl (C=O) groups is 2. The summed E-state index contributed by atoms with van der Waals surface area (Å²) in [5.41, 5.74) is 0. The Morgan fingerprint density at radius 2 is 2.06 bits per heavy atom. The quantitative estimate of drug-likeness (QED) is 0.826. The van der Waals surface area contributed by atoms with Crippen LogP contribution in [0.3, 0.4) is 0 Å². The fourth-order valence-corrected chi connectivity index (χ4v) is 3.43. The molecule has 1 heterocycles. The van der Waals surface area contributed by atoms with Crippen LogP contribution in [-0.4, -0.2) is 35.0 Å².